The highest BCUT2D eigenvalue weighted by atomic mass is 35.5. The highest BCUT2D eigenvalue weighted by Crippen LogP contribution is 2.34. The quantitative estimate of drug-likeness (QED) is 0.801. The lowest BCUT2D eigenvalue weighted by molar-refractivity contribution is -0.138. The second kappa shape index (κ2) is 5.64. The van der Waals surface area contributed by atoms with Crippen LogP contribution in [0.4, 0.5) is 13.2 Å². The Bertz CT molecular complexity index is 564. The van der Waals surface area contributed by atoms with E-state index in [1.165, 1.54) is 12.1 Å². The van der Waals surface area contributed by atoms with Crippen LogP contribution in [0.1, 0.15) is 11.1 Å². The van der Waals surface area contributed by atoms with Gasteiger partial charge >= 0.3 is 6.18 Å². The van der Waals surface area contributed by atoms with Gasteiger partial charge in [-0.3, -0.25) is 0 Å². The molecule has 0 saturated carbocycles. The van der Waals surface area contributed by atoms with Gasteiger partial charge in [-0.1, -0.05) is 53.2 Å². The molecule has 19 heavy (non-hydrogen) atoms. The third-order valence-corrected chi connectivity index (χ3v) is 3.85. The summed E-state index contributed by atoms with van der Waals surface area (Å²) in [7, 11) is 0. The van der Waals surface area contributed by atoms with Gasteiger partial charge in [0.2, 0.25) is 0 Å². The van der Waals surface area contributed by atoms with Crippen molar-refractivity contribution in [2.75, 3.05) is 0 Å². The summed E-state index contributed by atoms with van der Waals surface area (Å²) in [5.74, 6) is 0.121. The number of hydrogen-bond acceptors (Lipinski definition) is 2. The van der Waals surface area contributed by atoms with E-state index >= 15 is 0 Å². The normalized spacial score (nSPS) is 11.8. The molecule has 0 saturated heterocycles. The van der Waals surface area contributed by atoms with Crippen LogP contribution in [-0.4, -0.2) is 9.97 Å². The molecule has 0 aliphatic rings. The standard InChI is InChI=1S/C11H7Cl2F3N2S/c12-8-9(13)18-10(17-8)19-5-6-3-1-2-4-7(6)11(14,15)16/h1-4H,5H2,(H,17,18). The minimum absolute atomic E-state index is 0.105. The summed E-state index contributed by atoms with van der Waals surface area (Å²) in [5.41, 5.74) is -0.463. The molecule has 102 valence electrons. The second-order valence-corrected chi connectivity index (χ2v) is 5.29. The number of thioether (sulfide) groups is 1. The van der Waals surface area contributed by atoms with Crippen molar-refractivity contribution in [3.63, 3.8) is 0 Å². The zero-order valence-corrected chi connectivity index (χ0v) is 11.6. The third kappa shape index (κ3) is 3.58. The molecule has 1 aromatic carbocycles. The fraction of sp³-hybridized carbons (Fsp3) is 0.182. The van der Waals surface area contributed by atoms with Gasteiger partial charge in [-0.2, -0.15) is 13.2 Å². The first-order valence-corrected chi connectivity index (χ1v) is 6.81. The third-order valence-electron chi connectivity index (χ3n) is 2.28. The van der Waals surface area contributed by atoms with Crippen molar-refractivity contribution < 1.29 is 13.2 Å². The molecule has 1 aromatic heterocycles. The van der Waals surface area contributed by atoms with Crippen molar-refractivity contribution in [1.29, 1.82) is 0 Å². The van der Waals surface area contributed by atoms with E-state index in [1.807, 2.05) is 0 Å². The minimum Gasteiger partial charge on any atom is -0.323 e. The maximum absolute atomic E-state index is 12.8. The van der Waals surface area contributed by atoms with Crippen molar-refractivity contribution >= 4 is 35.0 Å². The van der Waals surface area contributed by atoms with E-state index < -0.39 is 11.7 Å². The van der Waals surface area contributed by atoms with Gasteiger partial charge in [-0.05, 0) is 11.6 Å². The van der Waals surface area contributed by atoms with Crippen LogP contribution in [0.25, 0.3) is 0 Å². The van der Waals surface area contributed by atoms with Gasteiger partial charge in [0.25, 0.3) is 0 Å². The average molecular weight is 327 g/mol. The van der Waals surface area contributed by atoms with Crippen LogP contribution in [0.2, 0.25) is 10.3 Å². The summed E-state index contributed by atoms with van der Waals surface area (Å²) in [6.45, 7) is 0. The Kier molecular flexibility index (Phi) is 4.32. The minimum atomic E-state index is -4.37. The molecule has 0 amide bonds. The lowest BCUT2D eigenvalue weighted by Crippen LogP contribution is -2.08. The predicted molar refractivity (Wildman–Crippen MR) is 69.6 cm³/mol. The summed E-state index contributed by atoms with van der Waals surface area (Å²) in [5, 5.41) is 0.661. The van der Waals surface area contributed by atoms with Crippen LogP contribution in [0.3, 0.4) is 0 Å². The summed E-state index contributed by atoms with van der Waals surface area (Å²) >= 11 is 12.4. The Morgan fingerprint density at radius 1 is 1.21 bits per heavy atom. The molecule has 0 aliphatic carbocycles. The Morgan fingerprint density at radius 2 is 1.89 bits per heavy atom. The van der Waals surface area contributed by atoms with Gasteiger partial charge in [0.05, 0.1) is 5.56 Å². The van der Waals surface area contributed by atoms with Gasteiger partial charge in [-0.25, -0.2) is 4.98 Å². The number of nitrogens with zero attached hydrogens (tertiary/aromatic N) is 1. The molecule has 1 N–H and O–H groups in total. The maximum Gasteiger partial charge on any atom is 0.416 e. The van der Waals surface area contributed by atoms with E-state index in [0.717, 1.165) is 17.8 Å². The summed E-state index contributed by atoms with van der Waals surface area (Å²) in [6, 6.07) is 5.41. The SMILES string of the molecule is FC(F)(F)c1ccccc1CSc1nc(Cl)c(Cl)[nH]1. The Balaban J connectivity index is 2.16. The molecule has 1 heterocycles. The highest BCUT2D eigenvalue weighted by molar-refractivity contribution is 7.98. The van der Waals surface area contributed by atoms with E-state index in [2.05, 4.69) is 9.97 Å². The van der Waals surface area contributed by atoms with E-state index in [9.17, 15) is 13.2 Å². The number of imidazole rings is 1. The zero-order valence-electron chi connectivity index (χ0n) is 9.26. The maximum atomic E-state index is 12.8. The van der Waals surface area contributed by atoms with Gasteiger partial charge in [-0.15, -0.1) is 0 Å². The van der Waals surface area contributed by atoms with Crippen molar-refractivity contribution in [3.8, 4) is 0 Å². The van der Waals surface area contributed by atoms with E-state index in [-0.39, 0.29) is 21.6 Å². The van der Waals surface area contributed by atoms with Crippen molar-refractivity contribution in [1.82, 2.24) is 9.97 Å². The molecule has 2 aromatic rings. The number of benzene rings is 1. The molecule has 0 radical (unpaired) electrons. The first-order valence-electron chi connectivity index (χ1n) is 5.07. The molecule has 0 bridgehead atoms. The Hall–Kier alpha value is -0.850. The monoisotopic (exact) mass is 326 g/mol. The smallest absolute Gasteiger partial charge is 0.323 e. The van der Waals surface area contributed by atoms with Crippen molar-refractivity contribution in [2.45, 2.75) is 17.1 Å². The van der Waals surface area contributed by atoms with Gasteiger partial charge in [0.1, 0.15) is 5.15 Å². The molecule has 0 atom stereocenters. The number of rotatable bonds is 3. The van der Waals surface area contributed by atoms with E-state index in [4.69, 9.17) is 23.2 Å². The molecule has 0 fully saturated rings. The fourth-order valence-corrected chi connectivity index (χ4v) is 2.69. The first-order chi connectivity index (χ1) is 8.88. The lowest BCUT2D eigenvalue weighted by Gasteiger charge is -2.11. The van der Waals surface area contributed by atoms with Gasteiger partial charge < -0.3 is 4.98 Å². The number of nitrogens with one attached hydrogen (secondary N) is 1. The van der Waals surface area contributed by atoms with Crippen LogP contribution in [0, 0.1) is 0 Å². The van der Waals surface area contributed by atoms with E-state index in [0.29, 0.717) is 5.16 Å². The average Bonchev–Trinajstić information content (AvgIpc) is 2.65. The van der Waals surface area contributed by atoms with Crippen LogP contribution in [0.5, 0.6) is 0 Å². The number of hydrogen-bond donors (Lipinski definition) is 1. The topological polar surface area (TPSA) is 28.7 Å². The number of aromatic nitrogens is 2. The van der Waals surface area contributed by atoms with Crippen LogP contribution >= 0.6 is 35.0 Å². The fourth-order valence-electron chi connectivity index (χ4n) is 1.45. The molecule has 2 rings (SSSR count). The number of alkyl halides is 3. The van der Waals surface area contributed by atoms with Crippen LogP contribution < -0.4 is 0 Å². The van der Waals surface area contributed by atoms with E-state index in [1.54, 1.807) is 6.07 Å². The molecule has 0 aliphatic heterocycles. The summed E-state index contributed by atoms with van der Waals surface area (Å²) in [4.78, 5) is 6.55. The number of halogens is 5. The lowest BCUT2D eigenvalue weighted by atomic mass is 10.1. The molecular weight excluding hydrogens is 320 g/mol. The molecule has 0 unspecified atom stereocenters. The zero-order chi connectivity index (χ0) is 14.0. The Labute approximate surface area is 121 Å². The van der Waals surface area contributed by atoms with Crippen LogP contribution in [0.15, 0.2) is 29.4 Å². The molecule has 8 heteroatoms. The van der Waals surface area contributed by atoms with Crippen LogP contribution in [-0.2, 0) is 11.9 Å². The van der Waals surface area contributed by atoms with Crippen molar-refractivity contribution in [3.05, 3.63) is 45.7 Å². The van der Waals surface area contributed by atoms with Gasteiger partial charge in [0, 0.05) is 5.75 Å². The number of H-pyrrole nitrogens is 1. The summed E-state index contributed by atoms with van der Waals surface area (Å²) < 4.78 is 38.3. The molecule has 0 spiro atoms. The summed E-state index contributed by atoms with van der Waals surface area (Å²) in [6.07, 6.45) is -4.37. The largest absolute Gasteiger partial charge is 0.416 e. The Morgan fingerprint density at radius 3 is 2.47 bits per heavy atom. The number of aromatic amines is 1. The highest BCUT2D eigenvalue weighted by Gasteiger charge is 2.32. The molecule has 2 nitrogen and oxygen atoms in total. The second-order valence-electron chi connectivity index (χ2n) is 3.59. The predicted octanol–water partition coefficient (Wildman–Crippen LogP) is 5.03. The first kappa shape index (κ1) is 14.6. The van der Waals surface area contributed by atoms with Crippen molar-refractivity contribution in [2.24, 2.45) is 0 Å². The molecular formula is C11H7Cl2F3N2S. The van der Waals surface area contributed by atoms with Gasteiger partial charge in [0.15, 0.2) is 10.3 Å².